The highest BCUT2D eigenvalue weighted by molar-refractivity contribution is 5.89. The summed E-state index contributed by atoms with van der Waals surface area (Å²) in [6.45, 7) is 10.3. The van der Waals surface area contributed by atoms with Gasteiger partial charge in [0.05, 0.1) is 12.1 Å². The number of carbonyl (C=O) groups excluding carboxylic acids is 1. The highest BCUT2D eigenvalue weighted by Gasteiger charge is 2.62. The molecule has 118 valence electrons. The molecular weight excluding hydrogens is 268 g/mol. The Balaban J connectivity index is 2.04. The van der Waals surface area contributed by atoms with Crippen LogP contribution in [0.1, 0.15) is 51.7 Å². The Morgan fingerprint density at radius 1 is 1.57 bits per heavy atom. The summed E-state index contributed by atoms with van der Waals surface area (Å²) in [5, 5.41) is 2.96. The maximum Gasteiger partial charge on any atom is 0.241 e. The van der Waals surface area contributed by atoms with Gasteiger partial charge >= 0.3 is 0 Å². The Morgan fingerprint density at radius 2 is 2.24 bits per heavy atom. The summed E-state index contributed by atoms with van der Waals surface area (Å²) in [4.78, 5) is 12.6. The monoisotopic (exact) mass is 294 g/mol. The van der Waals surface area contributed by atoms with E-state index in [2.05, 4.69) is 5.32 Å². The predicted octanol–water partition coefficient (Wildman–Crippen LogP) is 2.30. The summed E-state index contributed by atoms with van der Waals surface area (Å²) >= 11 is 0. The number of amides is 1. The predicted molar refractivity (Wildman–Crippen MR) is 80.7 cm³/mol. The largest absolute Gasteiger partial charge is 0.464 e. The van der Waals surface area contributed by atoms with Gasteiger partial charge in [-0.2, -0.15) is 0 Å². The van der Waals surface area contributed by atoms with Crippen LogP contribution < -0.4 is 11.1 Å². The molecule has 0 aliphatic heterocycles. The van der Waals surface area contributed by atoms with Crippen LogP contribution in [0.3, 0.4) is 0 Å². The molecule has 21 heavy (non-hydrogen) atoms. The fourth-order valence-corrected chi connectivity index (χ4v) is 2.90. The highest BCUT2D eigenvalue weighted by Crippen LogP contribution is 2.50. The van der Waals surface area contributed by atoms with E-state index in [9.17, 15) is 4.79 Å². The second kappa shape index (κ2) is 5.46. The molecule has 0 aromatic carbocycles. The first-order valence-electron chi connectivity index (χ1n) is 7.50. The van der Waals surface area contributed by atoms with Crippen molar-refractivity contribution in [3.05, 3.63) is 23.7 Å². The van der Waals surface area contributed by atoms with Crippen LogP contribution in [-0.2, 0) is 9.53 Å². The van der Waals surface area contributed by atoms with Gasteiger partial charge in [-0.05, 0) is 32.9 Å². The number of aryl methyl sites for hydroxylation is 1. The lowest BCUT2D eigenvalue weighted by Gasteiger charge is -2.57. The van der Waals surface area contributed by atoms with E-state index in [0.717, 1.165) is 11.5 Å². The molecule has 1 aliphatic carbocycles. The molecular formula is C16H26N2O3. The topological polar surface area (TPSA) is 77.5 Å². The van der Waals surface area contributed by atoms with Crippen LogP contribution in [0, 0.1) is 12.3 Å². The van der Waals surface area contributed by atoms with E-state index in [0.29, 0.717) is 13.0 Å². The van der Waals surface area contributed by atoms with Gasteiger partial charge in [-0.1, -0.05) is 13.8 Å². The molecule has 1 heterocycles. The minimum absolute atomic E-state index is 0.0272. The van der Waals surface area contributed by atoms with Crippen LogP contribution in [0.2, 0.25) is 0 Å². The van der Waals surface area contributed by atoms with Crippen molar-refractivity contribution in [2.45, 2.75) is 58.7 Å². The number of rotatable bonds is 5. The van der Waals surface area contributed by atoms with Gasteiger partial charge in [0.2, 0.25) is 5.91 Å². The summed E-state index contributed by atoms with van der Waals surface area (Å²) in [6.07, 6.45) is 0.572. The van der Waals surface area contributed by atoms with E-state index in [1.807, 2.05) is 46.8 Å². The first-order valence-corrected chi connectivity index (χ1v) is 7.50. The van der Waals surface area contributed by atoms with Crippen LogP contribution in [0.15, 0.2) is 16.5 Å². The van der Waals surface area contributed by atoms with Crippen molar-refractivity contribution in [2.75, 3.05) is 6.61 Å². The first kappa shape index (κ1) is 16.0. The number of hydrogen-bond acceptors (Lipinski definition) is 4. The second-order valence-electron chi connectivity index (χ2n) is 6.48. The molecule has 1 amide bonds. The molecule has 5 nitrogen and oxygen atoms in total. The first-order chi connectivity index (χ1) is 9.72. The third kappa shape index (κ3) is 2.60. The zero-order chi connectivity index (χ0) is 15.8. The Hall–Kier alpha value is -1.33. The Labute approximate surface area is 126 Å². The number of carbonyl (C=O) groups is 1. The lowest BCUT2D eigenvalue weighted by Crippen LogP contribution is -2.75. The number of furan rings is 1. The van der Waals surface area contributed by atoms with E-state index < -0.39 is 5.54 Å². The quantitative estimate of drug-likeness (QED) is 0.873. The number of hydrogen-bond donors (Lipinski definition) is 2. The van der Waals surface area contributed by atoms with Crippen molar-refractivity contribution in [2.24, 2.45) is 11.1 Å². The Bertz CT molecular complexity index is 523. The molecule has 5 heteroatoms. The van der Waals surface area contributed by atoms with Gasteiger partial charge in [0.25, 0.3) is 0 Å². The van der Waals surface area contributed by atoms with Crippen LogP contribution in [0.5, 0.6) is 0 Å². The maximum absolute atomic E-state index is 12.6. The van der Waals surface area contributed by atoms with E-state index in [1.165, 1.54) is 0 Å². The van der Waals surface area contributed by atoms with E-state index in [-0.39, 0.29) is 23.5 Å². The highest BCUT2D eigenvalue weighted by atomic mass is 16.5. The summed E-state index contributed by atoms with van der Waals surface area (Å²) in [5.41, 5.74) is 5.07. The molecule has 3 N–H and O–H groups in total. The Kier molecular flexibility index (Phi) is 4.17. The molecule has 2 rings (SSSR count). The smallest absolute Gasteiger partial charge is 0.241 e. The van der Waals surface area contributed by atoms with Crippen LogP contribution in [-0.4, -0.2) is 24.2 Å². The van der Waals surface area contributed by atoms with Crippen molar-refractivity contribution in [1.29, 1.82) is 0 Å². The minimum atomic E-state index is -0.900. The number of ether oxygens (including phenoxy) is 1. The second-order valence-corrected chi connectivity index (χ2v) is 6.48. The zero-order valence-electron chi connectivity index (χ0n) is 13.5. The normalized spacial score (nSPS) is 28.8. The zero-order valence-corrected chi connectivity index (χ0v) is 13.5. The molecule has 1 saturated carbocycles. The van der Waals surface area contributed by atoms with Crippen LogP contribution in [0.25, 0.3) is 0 Å². The average molecular weight is 294 g/mol. The molecule has 1 aromatic heterocycles. The number of nitrogens with one attached hydrogen (secondary N) is 1. The van der Waals surface area contributed by atoms with E-state index in [4.69, 9.17) is 14.9 Å². The van der Waals surface area contributed by atoms with Gasteiger partial charge in [0.1, 0.15) is 17.1 Å². The molecule has 3 atom stereocenters. The molecule has 1 aliphatic rings. The van der Waals surface area contributed by atoms with Gasteiger partial charge in [0, 0.05) is 18.4 Å². The van der Waals surface area contributed by atoms with Crippen molar-refractivity contribution in [1.82, 2.24) is 5.32 Å². The fourth-order valence-electron chi connectivity index (χ4n) is 2.90. The van der Waals surface area contributed by atoms with Crippen LogP contribution in [0.4, 0.5) is 0 Å². The van der Waals surface area contributed by atoms with Gasteiger partial charge in [0.15, 0.2) is 0 Å². The summed E-state index contributed by atoms with van der Waals surface area (Å²) in [7, 11) is 0. The van der Waals surface area contributed by atoms with Crippen molar-refractivity contribution in [3.8, 4) is 0 Å². The molecule has 0 saturated heterocycles. The van der Waals surface area contributed by atoms with E-state index >= 15 is 0 Å². The van der Waals surface area contributed by atoms with Gasteiger partial charge in [-0.15, -0.1) is 0 Å². The van der Waals surface area contributed by atoms with Gasteiger partial charge in [-0.3, -0.25) is 4.79 Å². The maximum atomic E-state index is 12.6. The fraction of sp³-hybridized carbons (Fsp3) is 0.688. The van der Waals surface area contributed by atoms with Crippen molar-refractivity contribution < 1.29 is 13.9 Å². The molecule has 1 aromatic rings. The van der Waals surface area contributed by atoms with Crippen molar-refractivity contribution in [3.63, 3.8) is 0 Å². The Morgan fingerprint density at radius 3 is 2.71 bits per heavy atom. The standard InChI is InChI=1S/C16H26N2O3/c1-6-20-13-9-16(17,15(13,4)5)14(19)18-11(3)12-8-7-10(2)21-12/h7-8,11,13H,6,9,17H2,1-5H3,(H,18,19). The molecule has 0 radical (unpaired) electrons. The molecule has 3 unspecified atom stereocenters. The van der Waals surface area contributed by atoms with Gasteiger partial charge < -0.3 is 20.2 Å². The minimum Gasteiger partial charge on any atom is -0.464 e. The molecule has 1 fully saturated rings. The lowest BCUT2D eigenvalue weighted by molar-refractivity contribution is -0.171. The average Bonchev–Trinajstić information content (AvgIpc) is 2.84. The summed E-state index contributed by atoms with van der Waals surface area (Å²) in [5.74, 6) is 1.42. The third-order valence-electron chi connectivity index (χ3n) is 4.77. The SMILES string of the molecule is CCOC1CC(N)(C(=O)NC(C)c2ccc(C)o2)C1(C)C. The van der Waals surface area contributed by atoms with Crippen LogP contribution >= 0.6 is 0 Å². The lowest BCUT2D eigenvalue weighted by atomic mass is 9.54. The van der Waals surface area contributed by atoms with E-state index in [1.54, 1.807) is 0 Å². The summed E-state index contributed by atoms with van der Waals surface area (Å²) < 4.78 is 11.2. The third-order valence-corrected chi connectivity index (χ3v) is 4.77. The number of nitrogens with two attached hydrogens (primary N) is 1. The molecule has 0 spiro atoms. The van der Waals surface area contributed by atoms with Gasteiger partial charge in [-0.25, -0.2) is 0 Å². The van der Waals surface area contributed by atoms with Crippen molar-refractivity contribution >= 4 is 5.91 Å². The summed E-state index contributed by atoms with van der Waals surface area (Å²) in [6, 6.07) is 3.56. The molecule has 0 bridgehead atoms.